The molecule has 0 aromatic heterocycles. The van der Waals surface area contributed by atoms with Gasteiger partial charge in [-0.2, -0.15) is 0 Å². The number of nitrogens with one attached hydrogen (secondary N) is 1. The molecule has 1 heteroatoms. The van der Waals surface area contributed by atoms with Gasteiger partial charge < -0.3 is 5.32 Å². The Morgan fingerprint density at radius 2 is 1.71 bits per heavy atom. The maximum absolute atomic E-state index is 3.84. The van der Waals surface area contributed by atoms with E-state index in [1.807, 2.05) is 0 Å². The molecule has 3 fully saturated rings. The second-order valence-electron chi connectivity index (χ2n) is 5.80. The molecule has 2 atom stereocenters. The lowest BCUT2D eigenvalue weighted by Gasteiger charge is -2.43. The first-order chi connectivity index (χ1) is 6.91. The van der Waals surface area contributed by atoms with Crippen LogP contribution in [0.25, 0.3) is 0 Å². The van der Waals surface area contributed by atoms with Gasteiger partial charge in [0.05, 0.1) is 0 Å². The molecule has 3 rings (SSSR count). The minimum absolute atomic E-state index is 0.753. The molecule has 1 N–H and O–H groups in total. The third-order valence-corrected chi connectivity index (χ3v) is 5.11. The topological polar surface area (TPSA) is 12.0 Å². The van der Waals surface area contributed by atoms with Crippen molar-refractivity contribution in [2.24, 2.45) is 11.3 Å². The van der Waals surface area contributed by atoms with Crippen molar-refractivity contribution in [2.45, 2.75) is 63.8 Å². The smallest absolute Gasteiger partial charge is 0.0152 e. The highest BCUT2D eigenvalue weighted by molar-refractivity contribution is 5.03. The fourth-order valence-electron chi connectivity index (χ4n) is 4.43. The molecule has 1 spiro atoms. The van der Waals surface area contributed by atoms with Gasteiger partial charge in [0.25, 0.3) is 0 Å². The molecule has 1 nitrogen and oxygen atoms in total. The van der Waals surface area contributed by atoms with Crippen molar-refractivity contribution in [3.05, 3.63) is 0 Å². The van der Waals surface area contributed by atoms with E-state index >= 15 is 0 Å². The summed E-state index contributed by atoms with van der Waals surface area (Å²) in [7, 11) is 0. The minimum Gasteiger partial charge on any atom is -0.313 e. The molecule has 2 unspecified atom stereocenters. The standard InChI is InChI=1S/C13H23N/c1-2-7-13(8-3-1)9-6-11-5-4-10-14-12(11)13/h11-12,14H,1-10H2. The van der Waals surface area contributed by atoms with E-state index in [2.05, 4.69) is 5.32 Å². The fourth-order valence-corrected chi connectivity index (χ4v) is 4.43. The largest absolute Gasteiger partial charge is 0.313 e. The lowest BCUT2D eigenvalue weighted by atomic mass is 9.68. The Morgan fingerprint density at radius 1 is 0.857 bits per heavy atom. The molecule has 14 heavy (non-hydrogen) atoms. The predicted molar refractivity (Wildman–Crippen MR) is 59.3 cm³/mol. The average molecular weight is 193 g/mol. The summed E-state index contributed by atoms with van der Waals surface area (Å²) >= 11 is 0. The number of piperidine rings is 1. The van der Waals surface area contributed by atoms with Crippen molar-refractivity contribution in [1.29, 1.82) is 0 Å². The summed E-state index contributed by atoms with van der Waals surface area (Å²) in [6.45, 7) is 1.29. The van der Waals surface area contributed by atoms with Gasteiger partial charge in [-0.1, -0.05) is 19.3 Å². The summed E-state index contributed by atoms with van der Waals surface area (Å²) in [4.78, 5) is 0. The van der Waals surface area contributed by atoms with Crippen molar-refractivity contribution in [1.82, 2.24) is 5.32 Å². The van der Waals surface area contributed by atoms with Crippen LogP contribution in [0.3, 0.4) is 0 Å². The summed E-state index contributed by atoms with van der Waals surface area (Å²) in [5, 5.41) is 3.84. The third-order valence-electron chi connectivity index (χ3n) is 5.11. The molecule has 1 heterocycles. The van der Waals surface area contributed by atoms with Gasteiger partial charge in [-0.15, -0.1) is 0 Å². The first-order valence-electron chi connectivity index (χ1n) is 6.64. The van der Waals surface area contributed by atoms with Crippen LogP contribution >= 0.6 is 0 Å². The molecule has 0 bridgehead atoms. The molecule has 0 radical (unpaired) electrons. The molecule has 3 aliphatic rings. The minimum atomic E-state index is 0.753. The van der Waals surface area contributed by atoms with Crippen LogP contribution in [0.1, 0.15) is 57.8 Å². The first kappa shape index (κ1) is 9.21. The van der Waals surface area contributed by atoms with E-state index in [9.17, 15) is 0 Å². The van der Waals surface area contributed by atoms with E-state index in [1.165, 1.54) is 64.3 Å². The second-order valence-corrected chi connectivity index (χ2v) is 5.80. The lowest BCUT2D eigenvalue weighted by molar-refractivity contribution is 0.120. The number of fused-ring (bicyclic) bond motifs is 2. The average Bonchev–Trinajstić information content (AvgIpc) is 2.60. The van der Waals surface area contributed by atoms with Crippen molar-refractivity contribution < 1.29 is 0 Å². The molecule has 0 aromatic carbocycles. The van der Waals surface area contributed by atoms with Gasteiger partial charge in [-0.3, -0.25) is 0 Å². The highest BCUT2D eigenvalue weighted by Gasteiger charge is 2.48. The molecule has 1 aliphatic heterocycles. The van der Waals surface area contributed by atoms with Crippen LogP contribution in [0.5, 0.6) is 0 Å². The Bertz CT molecular complexity index is 205. The summed E-state index contributed by atoms with van der Waals surface area (Å²) in [5.74, 6) is 1.04. The van der Waals surface area contributed by atoms with Crippen molar-refractivity contribution in [3.8, 4) is 0 Å². The van der Waals surface area contributed by atoms with E-state index in [4.69, 9.17) is 0 Å². The van der Waals surface area contributed by atoms with Gasteiger partial charge in [0.15, 0.2) is 0 Å². The summed E-state index contributed by atoms with van der Waals surface area (Å²) < 4.78 is 0. The van der Waals surface area contributed by atoms with Crippen LogP contribution in [0.2, 0.25) is 0 Å². The molecule has 2 saturated carbocycles. The van der Waals surface area contributed by atoms with Crippen molar-refractivity contribution in [2.75, 3.05) is 6.54 Å². The van der Waals surface area contributed by atoms with Gasteiger partial charge in [-0.25, -0.2) is 0 Å². The quantitative estimate of drug-likeness (QED) is 0.623. The molecule has 80 valence electrons. The van der Waals surface area contributed by atoms with Crippen molar-refractivity contribution >= 4 is 0 Å². The number of hydrogen-bond acceptors (Lipinski definition) is 1. The van der Waals surface area contributed by atoms with E-state index in [0.717, 1.165) is 17.4 Å². The monoisotopic (exact) mass is 193 g/mol. The Morgan fingerprint density at radius 3 is 2.57 bits per heavy atom. The molecule has 0 amide bonds. The number of rotatable bonds is 0. The van der Waals surface area contributed by atoms with Crippen LogP contribution in [0, 0.1) is 11.3 Å². The van der Waals surface area contributed by atoms with Gasteiger partial charge in [0.1, 0.15) is 0 Å². The zero-order chi connectivity index (χ0) is 9.43. The highest BCUT2D eigenvalue weighted by atomic mass is 15.0. The maximum Gasteiger partial charge on any atom is 0.0152 e. The zero-order valence-electron chi connectivity index (χ0n) is 9.23. The van der Waals surface area contributed by atoms with Crippen LogP contribution in [-0.2, 0) is 0 Å². The third kappa shape index (κ3) is 1.32. The maximum atomic E-state index is 3.84. The Labute approximate surface area is 87.7 Å². The highest BCUT2D eigenvalue weighted by Crippen LogP contribution is 2.53. The van der Waals surface area contributed by atoms with Crippen LogP contribution < -0.4 is 5.32 Å². The van der Waals surface area contributed by atoms with Crippen LogP contribution in [0.4, 0.5) is 0 Å². The van der Waals surface area contributed by atoms with Gasteiger partial charge >= 0.3 is 0 Å². The summed E-state index contributed by atoms with van der Waals surface area (Å²) in [6, 6.07) is 0.913. The molecule has 1 saturated heterocycles. The molecule has 0 aromatic rings. The van der Waals surface area contributed by atoms with E-state index < -0.39 is 0 Å². The second kappa shape index (κ2) is 3.52. The van der Waals surface area contributed by atoms with Crippen molar-refractivity contribution in [3.63, 3.8) is 0 Å². The first-order valence-corrected chi connectivity index (χ1v) is 6.64. The van der Waals surface area contributed by atoms with Crippen LogP contribution in [0.15, 0.2) is 0 Å². The normalized spacial score (nSPS) is 41.1. The molecular weight excluding hydrogens is 170 g/mol. The van der Waals surface area contributed by atoms with Crippen LogP contribution in [-0.4, -0.2) is 12.6 Å². The zero-order valence-corrected chi connectivity index (χ0v) is 9.23. The molecule has 2 aliphatic carbocycles. The van der Waals surface area contributed by atoms with Gasteiger partial charge in [0, 0.05) is 6.04 Å². The predicted octanol–water partition coefficient (Wildman–Crippen LogP) is 3.10. The Hall–Kier alpha value is -0.0400. The van der Waals surface area contributed by atoms with E-state index in [-0.39, 0.29) is 0 Å². The van der Waals surface area contributed by atoms with Gasteiger partial charge in [0.2, 0.25) is 0 Å². The van der Waals surface area contributed by atoms with Gasteiger partial charge in [-0.05, 0) is 56.4 Å². The van der Waals surface area contributed by atoms with E-state index in [0.29, 0.717) is 0 Å². The SMILES string of the molecule is C1CCC2(CC1)CCC1CCCNC12. The summed E-state index contributed by atoms with van der Waals surface area (Å²) in [5.41, 5.74) is 0.753. The van der Waals surface area contributed by atoms with E-state index in [1.54, 1.807) is 0 Å². The Kier molecular flexibility index (Phi) is 2.31. The Balaban J connectivity index is 1.78. The summed E-state index contributed by atoms with van der Waals surface area (Å²) in [6.07, 6.45) is 13.6. The number of hydrogen-bond donors (Lipinski definition) is 1. The molecular formula is C13H23N. The fraction of sp³-hybridized carbons (Fsp3) is 1.00. The lowest BCUT2D eigenvalue weighted by Crippen LogP contribution is -2.48.